The summed E-state index contributed by atoms with van der Waals surface area (Å²) in [4.78, 5) is 2.36. The van der Waals surface area contributed by atoms with Crippen molar-refractivity contribution < 1.29 is 4.74 Å². The molecule has 0 bridgehead atoms. The van der Waals surface area contributed by atoms with Gasteiger partial charge in [-0.2, -0.15) is 5.10 Å². The largest absolute Gasteiger partial charge is 0.489 e. The number of fused-ring (bicyclic) bond motifs is 1. The molecule has 4 nitrogen and oxygen atoms in total. The molecular formula is C24H31N3O. The first-order valence-corrected chi connectivity index (χ1v) is 10.4. The van der Waals surface area contributed by atoms with E-state index in [1.54, 1.807) is 0 Å². The second-order valence-electron chi connectivity index (χ2n) is 8.38. The van der Waals surface area contributed by atoms with Crippen molar-refractivity contribution in [2.75, 3.05) is 14.1 Å². The third-order valence-electron chi connectivity index (χ3n) is 6.48. The third kappa shape index (κ3) is 4.07. The average molecular weight is 378 g/mol. The summed E-state index contributed by atoms with van der Waals surface area (Å²) in [5, 5.41) is 4.59. The second-order valence-corrected chi connectivity index (χ2v) is 8.38. The van der Waals surface area contributed by atoms with E-state index in [9.17, 15) is 0 Å². The maximum atomic E-state index is 6.04. The van der Waals surface area contributed by atoms with Crippen LogP contribution in [-0.2, 0) is 6.61 Å². The number of nitrogens with zero attached hydrogens (tertiary/aromatic N) is 3. The molecule has 2 aromatic heterocycles. The van der Waals surface area contributed by atoms with Crippen molar-refractivity contribution in [2.45, 2.75) is 51.2 Å². The number of ether oxygens (including phenoxy) is 1. The average Bonchev–Trinajstić information content (AvgIpc) is 3.16. The van der Waals surface area contributed by atoms with Gasteiger partial charge in [0, 0.05) is 23.9 Å². The molecule has 1 aliphatic rings. The van der Waals surface area contributed by atoms with Gasteiger partial charge in [-0.05, 0) is 70.2 Å². The predicted octanol–water partition coefficient (Wildman–Crippen LogP) is 5.14. The Balaban J connectivity index is 1.46. The summed E-state index contributed by atoms with van der Waals surface area (Å²) in [6.07, 6.45) is 9.17. The van der Waals surface area contributed by atoms with Crippen LogP contribution in [0.1, 0.15) is 49.7 Å². The quantitative estimate of drug-likeness (QED) is 0.596. The van der Waals surface area contributed by atoms with E-state index in [2.05, 4.69) is 55.4 Å². The Kier molecular flexibility index (Phi) is 5.67. The number of rotatable bonds is 6. The van der Waals surface area contributed by atoms with Crippen LogP contribution in [0.25, 0.3) is 5.52 Å². The molecular weight excluding hydrogens is 346 g/mol. The Morgan fingerprint density at radius 1 is 1.11 bits per heavy atom. The fourth-order valence-electron chi connectivity index (χ4n) is 4.46. The molecule has 148 valence electrons. The summed E-state index contributed by atoms with van der Waals surface area (Å²) in [7, 11) is 4.39. The van der Waals surface area contributed by atoms with Gasteiger partial charge in [-0.3, -0.25) is 0 Å². The first-order valence-electron chi connectivity index (χ1n) is 10.4. The van der Waals surface area contributed by atoms with E-state index in [0.717, 1.165) is 11.7 Å². The van der Waals surface area contributed by atoms with Gasteiger partial charge < -0.3 is 9.64 Å². The van der Waals surface area contributed by atoms with Gasteiger partial charge >= 0.3 is 0 Å². The molecule has 4 rings (SSSR count). The first kappa shape index (κ1) is 19.0. The Morgan fingerprint density at radius 3 is 2.57 bits per heavy atom. The van der Waals surface area contributed by atoms with Crippen LogP contribution in [0, 0.1) is 5.92 Å². The molecule has 0 amide bonds. The molecule has 1 fully saturated rings. The summed E-state index contributed by atoms with van der Waals surface area (Å²) in [6, 6.07) is 15.1. The SMILES string of the molecule is C[C@@H](C1CCC(c2cnn3ccc(OCc4ccccc4)cc23)CC1)N(C)C. The van der Waals surface area contributed by atoms with Crippen molar-refractivity contribution in [3.05, 3.63) is 66.0 Å². The number of hydrogen-bond acceptors (Lipinski definition) is 3. The first-order chi connectivity index (χ1) is 13.6. The fourth-order valence-corrected chi connectivity index (χ4v) is 4.46. The van der Waals surface area contributed by atoms with Gasteiger partial charge in [-0.1, -0.05) is 30.3 Å². The zero-order valence-corrected chi connectivity index (χ0v) is 17.2. The van der Waals surface area contributed by atoms with Crippen LogP contribution in [0.4, 0.5) is 0 Å². The van der Waals surface area contributed by atoms with Gasteiger partial charge in [-0.15, -0.1) is 0 Å². The highest BCUT2D eigenvalue weighted by molar-refractivity contribution is 5.58. The number of pyridine rings is 1. The van der Waals surface area contributed by atoms with E-state index < -0.39 is 0 Å². The lowest BCUT2D eigenvalue weighted by Gasteiger charge is -2.35. The van der Waals surface area contributed by atoms with Crippen LogP contribution in [0.15, 0.2) is 54.9 Å². The zero-order chi connectivity index (χ0) is 19.5. The maximum absolute atomic E-state index is 6.04. The lowest BCUT2D eigenvalue weighted by Crippen LogP contribution is -2.34. The number of aromatic nitrogens is 2. The van der Waals surface area contributed by atoms with E-state index in [0.29, 0.717) is 18.6 Å². The molecule has 0 saturated heterocycles. The molecule has 1 aliphatic carbocycles. The maximum Gasteiger partial charge on any atom is 0.123 e. The van der Waals surface area contributed by atoms with Gasteiger partial charge in [-0.25, -0.2) is 4.52 Å². The highest BCUT2D eigenvalue weighted by atomic mass is 16.5. The molecule has 0 aliphatic heterocycles. The Hall–Kier alpha value is -2.33. The monoisotopic (exact) mass is 377 g/mol. The summed E-state index contributed by atoms with van der Waals surface area (Å²) in [5.74, 6) is 2.32. The van der Waals surface area contributed by atoms with Crippen molar-refractivity contribution in [1.29, 1.82) is 0 Å². The van der Waals surface area contributed by atoms with Crippen LogP contribution in [0.3, 0.4) is 0 Å². The molecule has 1 aromatic carbocycles. The zero-order valence-electron chi connectivity index (χ0n) is 17.2. The smallest absolute Gasteiger partial charge is 0.123 e. The van der Waals surface area contributed by atoms with Gasteiger partial charge in [0.25, 0.3) is 0 Å². The minimum atomic E-state index is 0.591. The molecule has 1 atom stereocenters. The molecule has 0 spiro atoms. The fraction of sp³-hybridized carbons (Fsp3) is 0.458. The normalized spacial score (nSPS) is 21.1. The van der Waals surface area contributed by atoms with Crippen molar-refractivity contribution >= 4 is 5.52 Å². The van der Waals surface area contributed by atoms with Crippen molar-refractivity contribution in [1.82, 2.24) is 14.5 Å². The van der Waals surface area contributed by atoms with Gasteiger partial charge in [0.15, 0.2) is 0 Å². The molecule has 3 aromatic rings. The van der Waals surface area contributed by atoms with E-state index in [4.69, 9.17) is 4.74 Å². The Labute approximate surface area is 168 Å². The lowest BCUT2D eigenvalue weighted by molar-refractivity contribution is 0.177. The lowest BCUT2D eigenvalue weighted by atomic mass is 9.76. The number of benzene rings is 1. The van der Waals surface area contributed by atoms with Crippen molar-refractivity contribution in [2.24, 2.45) is 5.92 Å². The molecule has 0 N–H and O–H groups in total. The van der Waals surface area contributed by atoms with Crippen LogP contribution in [0.2, 0.25) is 0 Å². The van der Waals surface area contributed by atoms with Crippen molar-refractivity contribution in [3.8, 4) is 5.75 Å². The second kappa shape index (κ2) is 8.36. The molecule has 1 saturated carbocycles. The highest BCUT2D eigenvalue weighted by Gasteiger charge is 2.28. The van der Waals surface area contributed by atoms with Crippen LogP contribution in [0.5, 0.6) is 5.75 Å². The van der Waals surface area contributed by atoms with Crippen molar-refractivity contribution in [3.63, 3.8) is 0 Å². The minimum Gasteiger partial charge on any atom is -0.489 e. The van der Waals surface area contributed by atoms with Crippen LogP contribution >= 0.6 is 0 Å². The molecule has 2 heterocycles. The highest BCUT2D eigenvalue weighted by Crippen LogP contribution is 2.39. The summed E-state index contributed by atoms with van der Waals surface area (Å²) >= 11 is 0. The Bertz CT molecular complexity index is 895. The summed E-state index contributed by atoms with van der Waals surface area (Å²) < 4.78 is 8.03. The molecule has 4 heteroatoms. The molecule has 0 unspecified atom stereocenters. The molecule has 28 heavy (non-hydrogen) atoms. The minimum absolute atomic E-state index is 0.591. The summed E-state index contributed by atoms with van der Waals surface area (Å²) in [6.45, 7) is 2.95. The van der Waals surface area contributed by atoms with Gasteiger partial charge in [0.2, 0.25) is 0 Å². The molecule has 0 radical (unpaired) electrons. The van der Waals surface area contributed by atoms with E-state index in [-0.39, 0.29) is 0 Å². The van der Waals surface area contributed by atoms with E-state index in [1.807, 2.05) is 35.0 Å². The standard InChI is InChI=1S/C24H31N3O/c1-18(26(2)3)20-9-11-21(12-10-20)23-16-25-27-14-13-22(15-24(23)27)28-17-19-7-5-4-6-8-19/h4-8,13-16,18,20-21H,9-12,17H2,1-3H3/t18-,20?,21?/m0/s1. The van der Waals surface area contributed by atoms with Crippen LogP contribution in [-0.4, -0.2) is 34.7 Å². The van der Waals surface area contributed by atoms with E-state index in [1.165, 1.54) is 42.3 Å². The Morgan fingerprint density at radius 2 is 1.86 bits per heavy atom. The number of hydrogen-bond donors (Lipinski definition) is 0. The topological polar surface area (TPSA) is 29.8 Å². The summed E-state index contributed by atoms with van der Waals surface area (Å²) in [5.41, 5.74) is 3.75. The van der Waals surface area contributed by atoms with Crippen LogP contribution < -0.4 is 4.74 Å². The third-order valence-corrected chi connectivity index (χ3v) is 6.48. The van der Waals surface area contributed by atoms with E-state index >= 15 is 0 Å². The predicted molar refractivity (Wildman–Crippen MR) is 114 cm³/mol. The van der Waals surface area contributed by atoms with Gasteiger partial charge in [0.1, 0.15) is 12.4 Å². The van der Waals surface area contributed by atoms with Gasteiger partial charge in [0.05, 0.1) is 11.7 Å².